The molecule has 2 heterocycles. The van der Waals surface area contributed by atoms with Gasteiger partial charge in [-0.2, -0.15) is 13.2 Å². The number of carbonyl (C=O) groups excluding carboxylic acids is 1. The lowest BCUT2D eigenvalue weighted by atomic mass is 9.96. The maximum Gasteiger partial charge on any atom is 0.417 e. The number of esters is 1. The fourth-order valence-corrected chi connectivity index (χ4v) is 4.03. The number of alkyl halides is 3. The monoisotopic (exact) mass is 529 g/mol. The van der Waals surface area contributed by atoms with Crippen molar-refractivity contribution in [2.45, 2.75) is 6.18 Å². The second-order valence-corrected chi connectivity index (χ2v) is 8.56. The average Bonchev–Trinajstić information content (AvgIpc) is 3.05. The number of cyclic esters (lactones) is 1. The van der Waals surface area contributed by atoms with Crippen molar-refractivity contribution in [1.82, 2.24) is 4.98 Å². The Morgan fingerprint density at radius 1 is 0.848 bits per heavy atom. The van der Waals surface area contributed by atoms with E-state index in [1.807, 2.05) is 0 Å². The van der Waals surface area contributed by atoms with Gasteiger partial charge in [0.1, 0.15) is 5.76 Å². The molecule has 33 heavy (non-hydrogen) atoms. The van der Waals surface area contributed by atoms with E-state index in [2.05, 4.69) is 4.98 Å². The first-order valence-electron chi connectivity index (χ1n) is 9.17. The third-order valence-corrected chi connectivity index (χ3v) is 5.79. The van der Waals surface area contributed by atoms with Crippen LogP contribution in [0.4, 0.5) is 13.2 Å². The Labute approximate surface area is 206 Å². The number of carbonyl (C=O) groups is 1. The topological polar surface area (TPSA) is 39.2 Å². The molecule has 0 saturated carbocycles. The first kappa shape index (κ1) is 23.6. The standard InChI is InChI=1S/C23H10Cl4F3NO2/c24-14-4-1-11(2-5-14)19-18(7-12-3-6-15(25)9-16(12)26)33-22(32)20(19)21-17(27)8-13(10-31-21)23(28,29)30/h1-10H/b18-7-. The number of hydrogen-bond acceptors (Lipinski definition) is 3. The van der Waals surface area contributed by atoms with Crippen LogP contribution in [0.25, 0.3) is 17.2 Å². The molecule has 3 nitrogen and oxygen atoms in total. The lowest BCUT2D eigenvalue weighted by molar-refractivity contribution is -0.137. The van der Waals surface area contributed by atoms with E-state index < -0.39 is 17.7 Å². The molecule has 0 aliphatic carbocycles. The summed E-state index contributed by atoms with van der Waals surface area (Å²) in [7, 11) is 0. The zero-order chi connectivity index (χ0) is 23.9. The molecule has 0 spiro atoms. The number of rotatable bonds is 3. The van der Waals surface area contributed by atoms with Crippen molar-refractivity contribution in [3.8, 4) is 0 Å². The molecular formula is C23H10Cl4F3NO2. The van der Waals surface area contributed by atoms with Crippen molar-refractivity contribution in [3.63, 3.8) is 0 Å². The third kappa shape index (κ3) is 4.89. The highest BCUT2D eigenvalue weighted by Crippen LogP contribution is 2.43. The van der Waals surface area contributed by atoms with Crippen LogP contribution in [0.5, 0.6) is 0 Å². The number of aromatic nitrogens is 1. The number of pyridine rings is 1. The third-order valence-electron chi connectivity index (χ3n) is 4.69. The largest absolute Gasteiger partial charge is 0.422 e. The molecule has 0 amide bonds. The minimum Gasteiger partial charge on any atom is -0.422 e. The zero-order valence-electron chi connectivity index (χ0n) is 16.2. The second-order valence-electron chi connectivity index (χ2n) is 6.87. The summed E-state index contributed by atoms with van der Waals surface area (Å²) in [4.78, 5) is 16.7. The molecular weight excluding hydrogens is 521 g/mol. The maximum absolute atomic E-state index is 13.1. The molecule has 0 radical (unpaired) electrons. The number of allylic oxidation sites excluding steroid dienone is 1. The van der Waals surface area contributed by atoms with Gasteiger partial charge in [-0.25, -0.2) is 4.79 Å². The Morgan fingerprint density at radius 3 is 2.12 bits per heavy atom. The summed E-state index contributed by atoms with van der Waals surface area (Å²) < 4.78 is 44.6. The van der Waals surface area contributed by atoms with E-state index in [1.54, 1.807) is 36.4 Å². The van der Waals surface area contributed by atoms with Gasteiger partial charge in [-0.15, -0.1) is 0 Å². The van der Waals surface area contributed by atoms with E-state index in [0.717, 1.165) is 0 Å². The molecule has 0 bridgehead atoms. The molecule has 10 heteroatoms. The van der Waals surface area contributed by atoms with Gasteiger partial charge in [-0.1, -0.05) is 64.6 Å². The predicted octanol–water partition coefficient (Wildman–Crippen LogP) is 8.22. The molecule has 0 N–H and O–H groups in total. The van der Waals surface area contributed by atoms with Crippen LogP contribution in [0.15, 0.2) is 60.5 Å². The predicted molar refractivity (Wildman–Crippen MR) is 123 cm³/mol. The zero-order valence-corrected chi connectivity index (χ0v) is 19.2. The Kier molecular flexibility index (Phi) is 6.47. The first-order valence-corrected chi connectivity index (χ1v) is 10.7. The van der Waals surface area contributed by atoms with E-state index in [0.29, 0.717) is 38.5 Å². The molecule has 1 aromatic heterocycles. The van der Waals surface area contributed by atoms with Crippen LogP contribution in [0.1, 0.15) is 22.4 Å². The number of ether oxygens (including phenoxy) is 1. The van der Waals surface area contributed by atoms with Gasteiger partial charge >= 0.3 is 12.1 Å². The van der Waals surface area contributed by atoms with Crippen LogP contribution in [0, 0.1) is 0 Å². The highest BCUT2D eigenvalue weighted by Gasteiger charge is 2.36. The molecule has 0 unspecified atom stereocenters. The van der Waals surface area contributed by atoms with Crippen molar-refractivity contribution in [2.75, 3.05) is 0 Å². The van der Waals surface area contributed by atoms with Crippen LogP contribution in [0.2, 0.25) is 20.1 Å². The van der Waals surface area contributed by atoms with Crippen molar-refractivity contribution >= 4 is 69.6 Å². The van der Waals surface area contributed by atoms with Crippen LogP contribution < -0.4 is 0 Å². The lowest BCUT2D eigenvalue weighted by Gasteiger charge is -2.10. The number of nitrogens with zero attached hydrogens (tertiary/aromatic N) is 1. The van der Waals surface area contributed by atoms with Crippen LogP contribution in [0.3, 0.4) is 0 Å². The SMILES string of the molecule is O=C1O/C(=C\c2ccc(Cl)cc2Cl)C(c2ccc(Cl)cc2)=C1c1ncc(C(F)(F)F)cc1Cl. The summed E-state index contributed by atoms with van der Waals surface area (Å²) in [5, 5.41) is 0.818. The Bertz CT molecular complexity index is 1330. The Hall–Kier alpha value is -2.51. The number of benzene rings is 2. The van der Waals surface area contributed by atoms with Crippen molar-refractivity contribution in [3.05, 3.63) is 103 Å². The number of hydrogen-bond donors (Lipinski definition) is 0. The van der Waals surface area contributed by atoms with Crippen molar-refractivity contribution in [1.29, 1.82) is 0 Å². The van der Waals surface area contributed by atoms with Gasteiger partial charge in [-0.3, -0.25) is 4.98 Å². The summed E-state index contributed by atoms with van der Waals surface area (Å²) in [6.07, 6.45) is -2.51. The van der Waals surface area contributed by atoms with Crippen LogP contribution >= 0.6 is 46.4 Å². The Morgan fingerprint density at radius 2 is 1.52 bits per heavy atom. The Balaban J connectivity index is 1.95. The fourth-order valence-electron chi connectivity index (χ4n) is 3.18. The smallest absolute Gasteiger partial charge is 0.417 e. The first-order chi connectivity index (χ1) is 15.5. The maximum atomic E-state index is 13.1. The van der Waals surface area contributed by atoms with E-state index in [4.69, 9.17) is 51.1 Å². The van der Waals surface area contributed by atoms with Gasteiger partial charge in [0.2, 0.25) is 0 Å². The molecule has 0 fully saturated rings. The molecule has 3 aromatic rings. The molecule has 1 aliphatic rings. The van der Waals surface area contributed by atoms with Gasteiger partial charge in [0, 0.05) is 26.8 Å². The van der Waals surface area contributed by atoms with Crippen LogP contribution in [-0.2, 0) is 15.7 Å². The van der Waals surface area contributed by atoms with Gasteiger partial charge in [-0.05, 0) is 47.5 Å². The molecule has 0 atom stereocenters. The number of halogens is 7. The van der Waals surface area contributed by atoms with Gasteiger partial charge in [0.05, 0.1) is 21.9 Å². The molecule has 0 saturated heterocycles. The minimum absolute atomic E-state index is 0.0904. The normalized spacial score (nSPS) is 15.4. The summed E-state index contributed by atoms with van der Waals surface area (Å²) in [6, 6.07) is 11.9. The molecule has 2 aromatic carbocycles. The van der Waals surface area contributed by atoms with E-state index in [9.17, 15) is 18.0 Å². The summed E-state index contributed by atoms with van der Waals surface area (Å²) in [6.45, 7) is 0. The summed E-state index contributed by atoms with van der Waals surface area (Å²) in [5.41, 5.74) is 0.00631. The van der Waals surface area contributed by atoms with E-state index in [-0.39, 0.29) is 27.6 Å². The molecule has 4 rings (SSSR count). The quantitative estimate of drug-likeness (QED) is 0.320. The molecule has 168 valence electrons. The average molecular weight is 531 g/mol. The van der Waals surface area contributed by atoms with Crippen molar-refractivity contribution < 1.29 is 22.7 Å². The highest BCUT2D eigenvalue weighted by atomic mass is 35.5. The summed E-state index contributed by atoms with van der Waals surface area (Å²) in [5.74, 6) is -0.718. The second kappa shape index (κ2) is 9.03. The lowest BCUT2D eigenvalue weighted by Crippen LogP contribution is -2.08. The van der Waals surface area contributed by atoms with Gasteiger partial charge in [0.25, 0.3) is 0 Å². The van der Waals surface area contributed by atoms with Crippen LogP contribution in [-0.4, -0.2) is 11.0 Å². The molecule has 1 aliphatic heterocycles. The van der Waals surface area contributed by atoms with E-state index in [1.165, 1.54) is 12.1 Å². The van der Waals surface area contributed by atoms with Crippen molar-refractivity contribution in [2.24, 2.45) is 0 Å². The minimum atomic E-state index is -4.64. The van der Waals surface area contributed by atoms with Gasteiger partial charge in [0.15, 0.2) is 0 Å². The van der Waals surface area contributed by atoms with E-state index >= 15 is 0 Å². The van der Waals surface area contributed by atoms with Gasteiger partial charge < -0.3 is 4.74 Å². The highest BCUT2D eigenvalue weighted by molar-refractivity contribution is 6.38. The summed E-state index contributed by atoms with van der Waals surface area (Å²) >= 11 is 24.3. The fraction of sp³-hybridized carbons (Fsp3) is 0.0435.